The molecule has 0 bridgehead atoms. The van der Waals surface area contributed by atoms with Crippen molar-refractivity contribution in [2.24, 2.45) is 0 Å². The van der Waals surface area contributed by atoms with E-state index in [0.29, 0.717) is 24.8 Å². The third-order valence-electron chi connectivity index (χ3n) is 5.74. The Hall–Kier alpha value is -2.54. The third kappa shape index (κ3) is 5.50. The van der Waals surface area contributed by atoms with Gasteiger partial charge in [-0.3, -0.25) is 4.90 Å². The summed E-state index contributed by atoms with van der Waals surface area (Å²) in [6, 6.07) is 15.6. The summed E-state index contributed by atoms with van der Waals surface area (Å²) in [4.78, 5) is 13.2. The number of halogens is 3. The van der Waals surface area contributed by atoms with E-state index in [-0.39, 0.29) is 6.54 Å². The van der Waals surface area contributed by atoms with E-state index in [4.69, 9.17) is 5.11 Å². The second kappa shape index (κ2) is 8.86. The quantitative estimate of drug-likeness (QED) is 0.718. The van der Waals surface area contributed by atoms with Crippen LogP contribution in [0.4, 0.5) is 18.0 Å². The van der Waals surface area contributed by atoms with Gasteiger partial charge in [0.1, 0.15) is 0 Å². The van der Waals surface area contributed by atoms with Crippen molar-refractivity contribution in [3.8, 4) is 0 Å². The van der Waals surface area contributed by atoms with E-state index < -0.39 is 23.2 Å². The van der Waals surface area contributed by atoms with Crippen LogP contribution in [-0.4, -0.2) is 35.7 Å². The summed E-state index contributed by atoms with van der Waals surface area (Å²) < 4.78 is 39.7. The number of piperidine rings is 1. The number of carboxylic acid groups (broad SMARTS) is 1. The van der Waals surface area contributed by atoms with Crippen molar-refractivity contribution in [2.75, 3.05) is 19.6 Å². The zero-order valence-electron chi connectivity index (χ0n) is 16.1. The highest BCUT2D eigenvalue weighted by Crippen LogP contribution is 2.41. The zero-order chi connectivity index (χ0) is 20.9. The van der Waals surface area contributed by atoms with Crippen LogP contribution >= 0.6 is 0 Å². The molecular formula is C22H25F3N2O2. The number of alkyl halides is 3. The molecule has 1 amide bonds. The predicted molar refractivity (Wildman–Crippen MR) is 105 cm³/mol. The zero-order valence-corrected chi connectivity index (χ0v) is 16.1. The first-order chi connectivity index (χ1) is 13.8. The standard InChI is InChI=1S/C22H25F3N2O2/c23-22(24,25)19-8-4-7-18(15-19)21(9-12-26-20(28)29)10-13-27(14-11-21)16-17-5-2-1-3-6-17/h1-8,15,26H,9-14,16H2,(H,28,29). The van der Waals surface area contributed by atoms with Crippen molar-refractivity contribution in [2.45, 2.75) is 37.4 Å². The molecule has 3 rings (SSSR count). The summed E-state index contributed by atoms with van der Waals surface area (Å²) in [6.45, 7) is 2.51. The molecule has 2 aromatic carbocycles. The maximum Gasteiger partial charge on any atom is 0.416 e. The van der Waals surface area contributed by atoms with E-state index in [1.165, 1.54) is 17.7 Å². The number of hydrogen-bond donors (Lipinski definition) is 2. The van der Waals surface area contributed by atoms with Crippen LogP contribution in [0.25, 0.3) is 0 Å². The Morgan fingerprint density at radius 1 is 1.07 bits per heavy atom. The Morgan fingerprint density at radius 2 is 1.76 bits per heavy atom. The maximum atomic E-state index is 13.2. The van der Waals surface area contributed by atoms with Gasteiger partial charge in [-0.05, 0) is 55.0 Å². The minimum atomic E-state index is -4.40. The normalized spacial score (nSPS) is 17.1. The van der Waals surface area contributed by atoms with Crippen LogP contribution in [-0.2, 0) is 18.1 Å². The largest absolute Gasteiger partial charge is 0.465 e. The van der Waals surface area contributed by atoms with E-state index in [1.54, 1.807) is 6.07 Å². The lowest BCUT2D eigenvalue weighted by Crippen LogP contribution is -2.44. The molecule has 0 aliphatic carbocycles. The van der Waals surface area contributed by atoms with Crippen molar-refractivity contribution < 1.29 is 23.1 Å². The van der Waals surface area contributed by atoms with Crippen molar-refractivity contribution >= 4 is 6.09 Å². The molecule has 0 spiro atoms. The second-order valence-electron chi connectivity index (χ2n) is 7.60. The molecule has 1 fully saturated rings. The fourth-order valence-corrected chi connectivity index (χ4v) is 4.10. The first-order valence-electron chi connectivity index (χ1n) is 9.69. The Bertz CT molecular complexity index is 816. The Kier molecular flexibility index (Phi) is 6.47. The van der Waals surface area contributed by atoms with Crippen molar-refractivity contribution in [1.82, 2.24) is 10.2 Å². The van der Waals surface area contributed by atoms with E-state index in [9.17, 15) is 18.0 Å². The summed E-state index contributed by atoms with van der Waals surface area (Å²) >= 11 is 0. The minimum Gasteiger partial charge on any atom is -0.465 e. The Morgan fingerprint density at radius 3 is 2.38 bits per heavy atom. The lowest BCUT2D eigenvalue weighted by atomic mass is 9.70. The molecule has 1 heterocycles. The van der Waals surface area contributed by atoms with Gasteiger partial charge < -0.3 is 10.4 Å². The monoisotopic (exact) mass is 406 g/mol. The maximum absolute atomic E-state index is 13.2. The molecule has 1 saturated heterocycles. The summed E-state index contributed by atoms with van der Waals surface area (Å²) in [7, 11) is 0. The summed E-state index contributed by atoms with van der Waals surface area (Å²) in [5, 5.41) is 11.3. The number of nitrogens with one attached hydrogen (secondary N) is 1. The summed E-state index contributed by atoms with van der Waals surface area (Å²) in [5.74, 6) is 0. The highest BCUT2D eigenvalue weighted by atomic mass is 19.4. The van der Waals surface area contributed by atoms with Crippen molar-refractivity contribution in [1.29, 1.82) is 0 Å². The number of amides is 1. The van der Waals surface area contributed by atoms with Crippen LogP contribution in [0.2, 0.25) is 0 Å². The van der Waals surface area contributed by atoms with Crippen LogP contribution in [0, 0.1) is 0 Å². The molecule has 0 aromatic heterocycles. The van der Waals surface area contributed by atoms with Gasteiger partial charge >= 0.3 is 12.3 Å². The molecule has 4 nitrogen and oxygen atoms in total. The van der Waals surface area contributed by atoms with E-state index >= 15 is 0 Å². The summed E-state index contributed by atoms with van der Waals surface area (Å²) in [6.07, 6.45) is -3.68. The van der Waals surface area contributed by atoms with Crippen LogP contribution in [0.5, 0.6) is 0 Å². The molecule has 7 heteroatoms. The smallest absolute Gasteiger partial charge is 0.416 e. The van der Waals surface area contributed by atoms with E-state index in [0.717, 1.165) is 25.7 Å². The number of nitrogens with zero attached hydrogens (tertiary/aromatic N) is 1. The van der Waals surface area contributed by atoms with Crippen LogP contribution in [0.15, 0.2) is 54.6 Å². The summed E-state index contributed by atoms with van der Waals surface area (Å²) in [5.41, 5.74) is 0.703. The minimum absolute atomic E-state index is 0.213. The van der Waals surface area contributed by atoms with Crippen molar-refractivity contribution in [3.63, 3.8) is 0 Å². The third-order valence-corrected chi connectivity index (χ3v) is 5.74. The predicted octanol–water partition coefficient (Wildman–Crippen LogP) is 4.90. The lowest BCUT2D eigenvalue weighted by Gasteiger charge is -2.43. The second-order valence-corrected chi connectivity index (χ2v) is 7.60. The van der Waals surface area contributed by atoms with Gasteiger partial charge in [-0.15, -0.1) is 0 Å². The molecule has 0 atom stereocenters. The molecule has 1 aliphatic heterocycles. The number of carbonyl (C=O) groups is 1. The fourth-order valence-electron chi connectivity index (χ4n) is 4.10. The number of benzene rings is 2. The van der Waals surface area contributed by atoms with Gasteiger partial charge in [0.2, 0.25) is 0 Å². The fraction of sp³-hybridized carbons (Fsp3) is 0.409. The molecule has 0 unspecified atom stereocenters. The van der Waals surface area contributed by atoms with Crippen LogP contribution < -0.4 is 5.32 Å². The van der Waals surface area contributed by atoms with Gasteiger partial charge in [-0.25, -0.2) is 4.79 Å². The molecule has 29 heavy (non-hydrogen) atoms. The molecule has 1 aliphatic rings. The van der Waals surface area contributed by atoms with Gasteiger partial charge in [0, 0.05) is 13.1 Å². The van der Waals surface area contributed by atoms with E-state index in [1.807, 2.05) is 18.2 Å². The van der Waals surface area contributed by atoms with Crippen LogP contribution in [0.3, 0.4) is 0 Å². The molecule has 2 aromatic rings. The van der Waals surface area contributed by atoms with Gasteiger partial charge in [-0.2, -0.15) is 13.2 Å². The average Bonchev–Trinajstić information content (AvgIpc) is 2.69. The topological polar surface area (TPSA) is 52.6 Å². The SMILES string of the molecule is O=C(O)NCCC1(c2cccc(C(F)(F)F)c2)CCN(Cc2ccccc2)CC1. The lowest BCUT2D eigenvalue weighted by molar-refractivity contribution is -0.137. The first kappa shape index (κ1) is 21.2. The molecular weight excluding hydrogens is 381 g/mol. The highest BCUT2D eigenvalue weighted by Gasteiger charge is 2.38. The van der Waals surface area contributed by atoms with Gasteiger partial charge in [0.05, 0.1) is 5.56 Å². The first-order valence-corrected chi connectivity index (χ1v) is 9.69. The molecule has 0 radical (unpaired) electrons. The van der Waals surface area contributed by atoms with E-state index in [2.05, 4.69) is 22.3 Å². The number of hydrogen-bond acceptors (Lipinski definition) is 2. The number of likely N-dealkylation sites (tertiary alicyclic amines) is 1. The van der Waals surface area contributed by atoms with Gasteiger partial charge in [-0.1, -0.05) is 48.5 Å². The van der Waals surface area contributed by atoms with Gasteiger partial charge in [0.15, 0.2) is 0 Å². The average molecular weight is 406 g/mol. The van der Waals surface area contributed by atoms with Crippen molar-refractivity contribution in [3.05, 3.63) is 71.3 Å². The van der Waals surface area contributed by atoms with Gasteiger partial charge in [0.25, 0.3) is 0 Å². The Balaban J connectivity index is 1.78. The number of rotatable bonds is 6. The molecule has 2 N–H and O–H groups in total. The Labute approximate surface area is 168 Å². The molecule has 0 saturated carbocycles. The van der Waals surface area contributed by atoms with Crippen LogP contribution in [0.1, 0.15) is 36.0 Å². The molecule has 156 valence electrons. The highest BCUT2D eigenvalue weighted by molar-refractivity contribution is 5.64.